The number of carboxylic acid groups (broad SMARTS) is 1. The van der Waals surface area contributed by atoms with Gasteiger partial charge >= 0.3 is 5.97 Å². The molecule has 0 aliphatic carbocycles. The first-order valence-electron chi connectivity index (χ1n) is 7.36. The van der Waals surface area contributed by atoms with Crippen molar-refractivity contribution in [2.45, 2.75) is 0 Å². The van der Waals surface area contributed by atoms with Crippen molar-refractivity contribution in [3.05, 3.63) is 88.2 Å². The van der Waals surface area contributed by atoms with Crippen molar-refractivity contribution in [1.82, 2.24) is 4.98 Å². The molecule has 3 nitrogen and oxygen atoms in total. The minimum absolute atomic E-state index is 0.180. The molecule has 24 heavy (non-hydrogen) atoms. The largest absolute Gasteiger partial charge is 0.478 e. The summed E-state index contributed by atoms with van der Waals surface area (Å²) in [6.45, 7) is 0. The number of aromatic nitrogens is 1. The molecule has 0 saturated carbocycles. The Balaban J connectivity index is 2.00. The Bertz CT molecular complexity index is 905. The molecule has 1 heterocycles. The number of nitrogens with zero attached hydrogens (tertiary/aromatic N) is 1. The van der Waals surface area contributed by atoms with Crippen molar-refractivity contribution in [3.8, 4) is 11.1 Å². The highest BCUT2D eigenvalue weighted by molar-refractivity contribution is 9.10. The third kappa shape index (κ3) is 3.60. The van der Waals surface area contributed by atoms with Gasteiger partial charge in [0.05, 0.1) is 11.3 Å². The first-order chi connectivity index (χ1) is 11.6. The zero-order valence-corrected chi connectivity index (χ0v) is 14.3. The second kappa shape index (κ2) is 7.23. The van der Waals surface area contributed by atoms with Crippen LogP contribution in [0.1, 0.15) is 21.6 Å². The van der Waals surface area contributed by atoms with Gasteiger partial charge in [-0.1, -0.05) is 70.5 Å². The van der Waals surface area contributed by atoms with E-state index in [0.717, 1.165) is 21.2 Å². The van der Waals surface area contributed by atoms with Crippen molar-refractivity contribution in [2.75, 3.05) is 0 Å². The van der Waals surface area contributed by atoms with Crippen molar-refractivity contribution in [3.63, 3.8) is 0 Å². The number of hydrogen-bond donors (Lipinski definition) is 1. The van der Waals surface area contributed by atoms with E-state index >= 15 is 0 Å². The molecule has 1 N–H and O–H groups in total. The summed E-state index contributed by atoms with van der Waals surface area (Å²) in [6, 6.07) is 19.0. The number of benzene rings is 2. The average molecular weight is 380 g/mol. The van der Waals surface area contributed by atoms with Crippen molar-refractivity contribution in [2.24, 2.45) is 0 Å². The van der Waals surface area contributed by atoms with Gasteiger partial charge in [0.2, 0.25) is 0 Å². The molecule has 118 valence electrons. The smallest absolute Gasteiger partial charge is 0.337 e. The van der Waals surface area contributed by atoms with E-state index in [1.54, 1.807) is 18.3 Å². The Hall–Kier alpha value is -2.72. The van der Waals surface area contributed by atoms with E-state index in [1.807, 2.05) is 60.7 Å². The molecule has 0 atom stereocenters. The van der Waals surface area contributed by atoms with Crippen LogP contribution in [0.4, 0.5) is 0 Å². The number of halogens is 1. The molecular formula is C20H14BrNO2. The molecular weight excluding hydrogens is 366 g/mol. The molecule has 0 unspecified atom stereocenters. The first-order valence-corrected chi connectivity index (χ1v) is 8.16. The van der Waals surface area contributed by atoms with Gasteiger partial charge in [-0.15, -0.1) is 0 Å². The molecule has 0 radical (unpaired) electrons. The van der Waals surface area contributed by atoms with Crippen LogP contribution < -0.4 is 0 Å². The molecule has 3 aromatic rings. The van der Waals surface area contributed by atoms with Gasteiger partial charge in [-0.3, -0.25) is 4.98 Å². The van der Waals surface area contributed by atoms with Crippen molar-refractivity contribution >= 4 is 34.1 Å². The fourth-order valence-electron chi connectivity index (χ4n) is 2.35. The van der Waals surface area contributed by atoms with Crippen LogP contribution >= 0.6 is 15.9 Å². The number of aromatic carboxylic acids is 1. The lowest BCUT2D eigenvalue weighted by Gasteiger charge is -2.06. The van der Waals surface area contributed by atoms with E-state index in [-0.39, 0.29) is 5.56 Å². The standard InChI is InChI=1S/C20H14BrNO2/c21-18-9-5-4-8-15(18)10-11-19-17(20(23)24)12-16(13-22-19)14-6-2-1-3-7-14/h1-13H,(H,23,24). The number of hydrogen-bond acceptors (Lipinski definition) is 2. The highest BCUT2D eigenvalue weighted by atomic mass is 79.9. The van der Waals surface area contributed by atoms with Crippen LogP contribution in [-0.2, 0) is 0 Å². The normalized spacial score (nSPS) is 10.9. The fraction of sp³-hybridized carbons (Fsp3) is 0. The summed E-state index contributed by atoms with van der Waals surface area (Å²) in [5.74, 6) is -0.993. The van der Waals surface area contributed by atoms with E-state index in [9.17, 15) is 9.90 Å². The average Bonchev–Trinajstić information content (AvgIpc) is 2.61. The van der Waals surface area contributed by atoms with Crippen LogP contribution in [0.3, 0.4) is 0 Å². The summed E-state index contributed by atoms with van der Waals surface area (Å²) < 4.78 is 0.944. The lowest BCUT2D eigenvalue weighted by atomic mass is 10.0. The number of carboxylic acids is 1. The summed E-state index contributed by atoms with van der Waals surface area (Å²) in [4.78, 5) is 15.9. The van der Waals surface area contributed by atoms with Gasteiger partial charge in [-0.2, -0.15) is 0 Å². The summed E-state index contributed by atoms with van der Waals surface area (Å²) in [6.07, 6.45) is 5.26. The molecule has 0 aliphatic heterocycles. The quantitative estimate of drug-likeness (QED) is 0.661. The van der Waals surface area contributed by atoms with Crippen LogP contribution in [0, 0.1) is 0 Å². The summed E-state index contributed by atoms with van der Waals surface area (Å²) >= 11 is 3.47. The molecule has 0 spiro atoms. The molecule has 0 saturated heterocycles. The minimum atomic E-state index is -0.993. The Morgan fingerprint density at radius 2 is 1.67 bits per heavy atom. The van der Waals surface area contributed by atoms with Crippen LogP contribution in [0.25, 0.3) is 23.3 Å². The van der Waals surface area contributed by atoms with Gasteiger partial charge in [-0.05, 0) is 29.3 Å². The summed E-state index contributed by atoms with van der Waals surface area (Å²) in [7, 11) is 0. The van der Waals surface area contributed by atoms with E-state index in [4.69, 9.17) is 0 Å². The molecule has 0 fully saturated rings. The van der Waals surface area contributed by atoms with Crippen molar-refractivity contribution < 1.29 is 9.90 Å². The van der Waals surface area contributed by atoms with Crippen LogP contribution in [0.15, 0.2) is 71.3 Å². The van der Waals surface area contributed by atoms with Crippen LogP contribution in [0.5, 0.6) is 0 Å². The molecule has 0 aliphatic rings. The molecule has 1 aromatic heterocycles. The van der Waals surface area contributed by atoms with E-state index < -0.39 is 5.97 Å². The predicted octanol–water partition coefficient (Wildman–Crippen LogP) is 5.38. The molecule has 4 heteroatoms. The van der Waals surface area contributed by atoms with Gasteiger partial charge in [0.15, 0.2) is 0 Å². The van der Waals surface area contributed by atoms with Gasteiger partial charge in [0.25, 0.3) is 0 Å². The highest BCUT2D eigenvalue weighted by Gasteiger charge is 2.11. The van der Waals surface area contributed by atoms with Gasteiger partial charge in [0, 0.05) is 16.2 Å². The number of carbonyl (C=O) groups is 1. The number of rotatable bonds is 4. The Morgan fingerprint density at radius 3 is 2.38 bits per heavy atom. The lowest BCUT2D eigenvalue weighted by Crippen LogP contribution is -2.02. The van der Waals surface area contributed by atoms with E-state index in [2.05, 4.69) is 20.9 Å². The van der Waals surface area contributed by atoms with E-state index in [1.165, 1.54) is 0 Å². The third-order valence-corrected chi connectivity index (χ3v) is 4.30. The van der Waals surface area contributed by atoms with Gasteiger partial charge < -0.3 is 5.11 Å². The molecule has 0 amide bonds. The second-order valence-corrected chi connectivity index (χ2v) is 6.04. The fourth-order valence-corrected chi connectivity index (χ4v) is 2.76. The topological polar surface area (TPSA) is 50.2 Å². The maximum Gasteiger partial charge on any atom is 0.337 e. The zero-order chi connectivity index (χ0) is 16.9. The monoisotopic (exact) mass is 379 g/mol. The Kier molecular flexibility index (Phi) is 4.87. The zero-order valence-electron chi connectivity index (χ0n) is 12.7. The predicted molar refractivity (Wildman–Crippen MR) is 99.7 cm³/mol. The van der Waals surface area contributed by atoms with Crippen molar-refractivity contribution in [1.29, 1.82) is 0 Å². The lowest BCUT2D eigenvalue weighted by molar-refractivity contribution is 0.0696. The SMILES string of the molecule is O=C(O)c1cc(-c2ccccc2)cnc1C=Cc1ccccc1Br. The van der Waals surface area contributed by atoms with Gasteiger partial charge in [-0.25, -0.2) is 4.79 Å². The van der Waals surface area contributed by atoms with E-state index in [0.29, 0.717) is 5.69 Å². The Morgan fingerprint density at radius 1 is 0.958 bits per heavy atom. The molecule has 2 aromatic carbocycles. The van der Waals surface area contributed by atoms with Gasteiger partial charge in [0.1, 0.15) is 0 Å². The molecule has 3 rings (SSSR count). The second-order valence-electron chi connectivity index (χ2n) is 5.18. The van der Waals surface area contributed by atoms with Crippen LogP contribution in [0.2, 0.25) is 0 Å². The number of pyridine rings is 1. The highest BCUT2D eigenvalue weighted by Crippen LogP contribution is 2.23. The maximum atomic E-state index is 11.6. The van der Waals surface area contributed by atoms with Crippen LogP contribution in [-0.4, -0.2) is 16.1 Å². The maximum absolute atomic E-state index is 11.6. The minimum Gasteiger partial charge on any atom is -0.478 e. The summed E-state index contributed by atoms with van der Waals surface area (Å²) in [5.41, 5.74) is 3.29. The molecule has 0 bridgehead atoms. The summed E-state index contributed by atoms with van der Waals surface area (Å²) in [5, 5.41) is 9.51. The Labute approximate surface area is 148 Å². The third-order valence-electron chi connectivity index (χ3n) is 3.58. The first kappa shape index (κ1) is 16.1.